The molecule has 8 nitrogen and oxygen atoms in total. The number of carbonyl (C=O) groups is 3. The quantitative estimate of drug-likeness (QED) is 0.462. The summed E-state index contributed by atoms with van der Waals surface area (Å²) < 4.78 is 7.09. The van der Waals surface area contributed by atoms with Crippen LogP contribution in [-0.4, -0.2) is 58.2 Å². The van der Waals surface area contributed by atoms with Gasteiger partial charge in [-0.2, -0.15) is 5.10 Å². The molecule has 2 heterocycles. The lowest BCUT2D eigenvalue weighted by atomic mass is 10.2. The number of nitrogens with one attached hydrogen (secondary N) is 1. The van der Waals surface area contributed by atoms with Crippen LogP contribution >= 0.6 is 22.9 Å². The van der Waals surface area contributed by atoms with Crippen LogP contribution < -0.4 is 5.32 Å². The first kappa shape index (κ1) is 24.7. The smallest absolute Gasteiger partial charge is 0.348 e. The normalized spacial score (nSPS) is 11.1. The Hall–Kier alpha value is -2.91. The molecule has 33 heavy (non-hydrogen) atoms. The van der Waals surface area contributed by atoms with Crippen LogP contribution in [0.5, 0.6) is 0 Å². The minimum atomic E-state index is -0.579. The zero-order valence-corrected chi connectivity index (χ0v) is 20.6. The average molecular weight is 491 g/mol. The number of fused-ring (bicyclic) bond motifs is 1. The van der Waals surface area contributed by atoms with Crippen molar-refractivity contribution in [2.45, 2.75) is 40.3 Å². The number of halogens is 1. The number of nitrogens with zero attached hydrogens (tertiary/aromatic N) is 3. The Morgan fingerprint density at radius 2 is 1.94 bits per heavy atom. The number of thiophene rings is 1. The summed E-state index contributed by atoms with van der Waals surface area (Å²) in [6, 6.07) is 9.23. The maximum atomic E-state index is 12.6. The minimum Gasteiger partial charge on any atom is -0.451 e. The molecule has 0 saturated carbocycles. The number of likely N-dealkylation sites (N-methyl/N-ethyl adjacent to an activating group) is 1. The van der Waals surface area contributed by atoms with E-state index in [0.29, 0.717) is 23.0 Å². The summed E-state index contributed by atoms with van der Waals surface area (Å²) in [5.41, 5.74) is 1.84. The summed E-state index contributed by atoms with van der Waals surface area (Å²) in [5.74, 6) is -1.25. The lowest BCUT2D eigenvalue weighted by molar-refractivity contribution is -0.138. The van der Waals surface area contributed by atoms with Gasteiger partial charge >= 0.3 is 5.97 Å². The highest BCUT2D eigenvalue weighted by atomic mass is 35.5. The third-order valence-corrected chi connectivity index (χ3v) is 6.28. The van der Waals surface area contributed by atoms with E-state index in [1.807, 2.05) is 49.7 Å². The first-order valence-electron chi connectivity index (χ1n) is 10.6. The number of carbonyl (C=O) groups excluding carboxylic acids is 3. The fraction of sp³-hybridized carbons (Fsp3) is 0.391. The molecule has 3 rings (SSSR count). The van der Waals surface area contributed by atoms with Crippen molar-refractivity contribution in [3.8, 4) is 0 Å². The van der Waals surface area contributed by atoms with Crippen LogP contribution in [0.3, 0.4) is 0 Å². The zero-order chi connectivity index (χ0) is 24.1. The second-order valence-corrected chi connectivity index (χ2v) is 9.37. The average Bonchev–Trinajstić information content (AvgIpc) is 3.32. The summed E-state index contributed by atoms with van der Waals surface area (Å²) in [6.07, 6.45) is 0. The highest BCUT2D eigenvalue weighted by Gasteiger charge is 2.21. The lowest BCUT2D eigenvalue weighted by Gasteiger charge is -2.20. The van der Waals surface area contributed by atoms with E-state index in [2.05, 4.69) is 10.4 Å². The summed E-state index contributed by atoms with van der Waals surface area (Å²) in [6.45, 7) is 7.72. The lowest BCUT2D eigenvalue weighted by Crippen LogP contribution is -2.44. The molecule has 0 saturated heterocycles. The second kappa shape index (κ2) is 10.8. The van der Waals surface area contributed by atoms with E-state index in [0.717, 1.165) is 21.5 Å². The molecule has 0 aliphatic rings. The van der Waals surface area contributed by atoms with E-state index in [1.54, 1.807) is 13.0 Å². The van der Waals surface area contributed by atoms with Crippen LogP contribution in [0.15, 0.2) is 30.3 Å². The van der Waals surface area contributed by atoms with E-state index in [-0.39, 0.29) is 18.5 Å². The van der Waals surface area contributed by atoms with E-state index < -0.39 is 18.5 Å². The van der Waals surface area contributed by atoms with Crippen LogP contribution in [0, 0.1) is 6.92 Å². The number of aryl methyl sites for hydroxylation is 1. The molecule has 176 valence electrons. The van der Waals surface area contributed by atoms with Crippen molar-refractivity contribution in [1.82, 2.24) is 20.0 Å². The fourth-order valence-electron chi connectivity index (χ4n) is 3.29. The Morgan fingerprint density at radius 3 is 2.58 bits per heavy atom. The topological polar surface area (TPSA) is 93.5 Å². The van der Waals surface area contributed by atoms with E-state index >= 15 is 0 Å². The Kier molecular flexibility index (Phi) is 8.10. The van der Waals surface area contributed by atoms with Gasteiger partial charge in [-0.3, -0.25) is 14.3 Å². The number of ether oxygens (including phenoxy) is 1. The molecule has 10 heteroatoms. The number of aromatic nitrogens is 2. The van der Waals surface area contributed by atoms with Crippen LogP contribution in [0.4, 0.5) is 0 Å². The number of esters is 1. The molecule has 0 unspecified atom stereocenters. The highest BCUT2D eigenvalue weighted by Crippen LogP contribution is 2.29. The zero-order valence-electron chi connectivity index (χ0n) is 19.1. The molecule has 0 bridgehead atoms. The molecular weight excluding hydrogens is 464 g/mol. The number of hydrogen-bond acceptors (Lipinski definition) is 6. The van der Waals surface area contributed by atoms with Gasteiger partial charge in [0, 0.05) is 23.0 Å². The van der Waals surface area contributed by atoms with Gasteiger partial charge in [0.15, 0.2) is 6.61 Å². The predicted octanol–water partition coefficient (Wildman–Crippen LogP) is 3.64. The van der Waals surface area contributed by atoms with Crippen molar-refractivity contribution in [2.75, 3.05) is 19.7 Å². The van der Waals surface area contributed by atoms with Crippen molar-refractivity contribution in [3.63, 3.8) is 0 Å². The highest BCUT2D eigenvalue weighted by molar-refractivity contribution is 7.20. The van der Waals surface area contributed by atoms with Crippen molar-refractivity contribution in [3.05, 3.63) is 51.5 Å². The maximum absolute atomic E-state index is 12.6. The van der Waals surface area contributed by atoms with Crippen molar-refractivity contribution < 1.29 is 19.1 Å². The van der Waals surface area contributed by atoms with Crippen LogP contribution in [0.1, 0.15) is 41.7 Å². The molecular formula is C23H27ClN4O4S. The fourth-order valence-corrected chi connectivity index (χ4v) is 4.47. The second-order valence-electron chi connectivity index (χ2n) is 7.91. The Morgan fingerprint density at radius 1 is 1.24 bits per heavy atom. The largest absolute Gasteiger partial charge is 0.451 e. The van der Waals surface area contributed by atoms with Gasteiger partial charge in [0.2, 0.25) is 5.91 Å². The number of hydrogen-bond donors (Lipinski definition) is 1. The van der Waals surface area contributed by atoms with Crippen LogP contribution in [0.2, 0.25) is 5.02 Å². The first-order chi connectivity index (χ1) is 15.7. The van der Waals surface area contributed by atoms with Crippen molar-refractivity contribution >= 4 is 50.9 Å². The van der Waals surface area contributed by atoms with E-state index in [9.17, 15) is 14.4 Å². The molecule has 1 aromatic carbocycles. The predicted molar refractivity (Wildman–Crippen MR) is 129 cm³/mol. The number of rotatable bonds is 9. The summed E-state index contributed by atoms with van der Waals surface area (Å²) in [7, 11) is 0. The molecule has 0 aliphatic heterocycles. The summed E-state index contributed by atoms with van der Waals surface area (Å²) in [4.78, 5) is 39.6. The monoisotopic (exact) mass is 490 g/mol. The third-order valence-electron chi connectivity index (χ3n) is 4.90. The molecule has 0 spiro atoms. The Labute approximate surface area is 201 Å². The molecule has 1 N–H and O–H groups in total. The third kappa shape index (κ3) is 6.33. The van der Waals surface area contributed by atoms with Crippen molar-refractivity contribution in [1.29, 1.82) is 0 Å². The number of amides is 2. The molecule has 0 fully saturated rings. The molecule has 3 aromatic rings. The van der Waals surface area contributed by atoms with Gasteiger partial charge in [-0.1, -0.05) is 23.7 Å². The van der Waals surface area contributed by atoms with E-state index in [1.165, 1.54) is 16.2 Å². The van der Waals surface area contributed by atoms with Gasteiger partial charge in [0.05, 0.1) is 18.8 Å². The Bertz CT molecular complexity index is 1150. The minimum absolute atomic E-state index is 0.0174. The van der Waals surface area contributed by atoms with Gasteiger partial charge in [0.25, 0.3) is 5.91 Å². The SMILES string of the molecule is CCN(CC(=O)NC(C)C)C(=O)COC(=O)c1cc2c(C)nn(Cc3ccc(Cl)cc3)c2s1. The Balaban J connectivity index is 1.65. The number of benzene rings is 1. The van der Waals surface area contributed by atoms with Gasteiger partial charge in [-0.25, -0.2) is 4.79 Å². The first-order valence-corrected chi connectivity index (χ1v) is 11.8. The van der Waals surface area contributed by atoms with Gasteiger partial charge in [-0.15, -0.1) is 11.3 Å². The molecule has 0 atom stereocenters. The van der Waals surface area contributed by atoms with E-state index in [4.69, 9.17) is 16.3 Å². The van der Waals surface area contributed by atoms with Gasteiger partial charge < -0.3 is 15.0 Å². The summed E-state index contributed by atoms with van der Waals surface area (Å²) in [5, 5.41) is 8.84. The molecule has 2 aromatic heterocycles. The standard InChI is InChI=1S/C23H27ClN4O4S/c1-5-27(12-20(29)25-14(2)3)21(30)13-32-23(31)19-10-18-15(4)26-28(22(18)33-19)11-16-6-8-17(24)9-7-16/h6-10,14H,5,11-13H2,1-4H3,(H,25,29). The maximum Gasteiger partial charge on any atom is 0.348 e. The van der Waals surface area contributed by atoms with Crippen LogP contribution in [-0.2, 0) is 20.9 Å². The van der Waals surface area contributed by atoms with Gasteiger partial charge in [0.1, 0.15) is 9.71 Å². The molecule has 0 aliphatic carbocycles. The molecule has 2 amide bonds. The van der Waals surface area contributed by atoms with Gasteiger partial charge in [-0.05, 0) is 51.5 Å². The van der Waals surface area contributed by atoms with Crippen molar-refractivity contribution in [2.24, 2.45) is 0 Å². The molecule has 0 radical (unpaired) electrons. The summed E-state index contributed by atoms with van der Waals surface area (Å²) >= 11 is 7.23. The van der Waals surface area contributed by atoms with Crippen LogP contribution in [0.25, 0.3) is 10.2 Å².